The van der Waals surface area contributed by atoms with E-state index in [0.717, 1.165) is 16.8 Å². The highest BCUT2D eigenvalue weighted by molar-refractivity contribution is 5.92. The molecule has 2 aliphatic rings. The Morgan fingerprint density at radius 1 is 1.10 bits per heavy atom. The van der Waals surface area contributed by atoms with Crippen molar-refractivity contribution in [2.24, 2.45) is 0 Å². The van der Waals surface area contributed by atoms with Crippen molar-refractivity contribution in [2.45, 2.75) is 0 Å². The van der Waals surface area contributed by atoms with Crippen LogP contribution in [0, 0.1) is 11.8 Å². The highest BCUT2D eigenvalue weighted by Gasteiger charge is 2.23. The Morgan fingerprint density at radius 3 is 2.72 bits per heavy atom. The SMILES string of the molecule is O=C(/C=C/c1ccc2c(c1)OCO2)NCC#Cc1ccc(N2CCOC2=O)cc1. The van der Waals surface area contributed by atoms with Gasteiger partial charge in [0.2, 0.25) is 12.7 Å². The van der Waals surface area contributed by atoms with Crippen LogP contribution in [-0.4, -0.2) is 38.5 Å². The van der Waals surface area contributed by atoms with Gasteiger partial charge in [-0.2, -0.15) is 0 Å². The zero-order chi connectivity index (χ0) is 20.1. The van der Waals surface area contributed by atoms with Gasteiger partial charge in [-0.1, -0.05) is 17.9 Å². The number of nitrogens with one attached hydrogen (secondary N) is 1. The molecule has 0 aromatic heterocycles. The molecule has 0 unspecified atom stereocenters. The molecule has 4 rings (SSSR count). The van der Waals surface area contributed by atoms with Gasteiger partial charge in [-0.25, -0.2) is 4.79 Å². The van der Waals surface area contributed by atoms with Gasteiger partial charge in [-0.05, 0) is 48.0 Å². The van der Waals surface area contributed by atoms with Gasteiger partial charge < -0.3 is 19.5 Å². The highest BCUT2D eigenvalue weighted by Crippen LogP contribution is 2.32. The molecule has 0 aliphatic carbocycles. The lowest BCUT2D eigenvalue weighted by Crippen LogP contribution is -2.23. The summed E-state index contributed by atoms with van der Waals surface area (Å²) in [6.45, 7) is 1.40. The molecule has 2 aromatic carbocycles. The number of fused-ring (bicyclic) bond motifs is 1. The van der Waals surface area contributed by atoms with Crippen LogP contribution in [-0.2, 0) is 9.53 Å². The van der Waals surface area contributed by atoms with Gasteiger partial charge in [0.1, 0.15) is 6.61 Å². The number of amides is 2. The maximum absolute atomic E-state index is 11.9. The molecule has 146 valence electrons. The number of anilines is 1. The van der Waals surface area contributed by atoms with Crippen molar-refractivity contribution < 1.29 is 23.8 Å². The molecule has 7 nitrogen and oxygen atoms in total. The van der Waals surface area contributed by atoms with Crippen LogP contribution in [0.1, 0.15) is 11.1 Å². The van der Waals surface area contributed by atoms with Crippen LogP contribution in [0.25, 0.3) is 6.08 Å². The summed E-state index contributed by atoms with van der Waals surface area (Å²) in [4.78, 5) is 25.0. The molecule has 0 bridgehead atoms. The summed E-state index contributed by atoms with van der Waals surface area (Å²) in [5.74, 6) is 7.02. The van der Waals surface area contributed by atoms with Crippen molar-refractivity contribution in [3.05, 3.63) is 59.7 Å². The quantitative estimate of drug-likeness (QED) is 0.641. The zero-order valence-corrected chi connectivity index (χ0v) is 15.5. The minimum Gasteiger partial charge on any atom is -0.454 e. The Balaban J connectivity index is 1.26. The average molecular weight is 390 g/mol. The molecule has 0 spiro atoms. The minimum atomic E-state index is -0.333. The number of hydrogen-bond acceptors (Lipinski definition) is 5. The number of nitrogens with zero attached hydrogens (tertiary/aromatic N) is 1. The third-order valence-electron chi connectivity index (χ3n) is 4.35. The minimum absolute atomic E-state index is 0.217. The topological polar surface area (TPSA) is 77.1 Å². The van der Waals surface area contributed by atoms with E-state index in [-0.39, 0.29) is 25.3 Å². The largest absolute Gasteiger partial charge is 0.454 e. The summed E-state index contributed by atoms with van der Waals surface area (Å²) in [6, 6.07) is 12.8. The molecule has 1 N–H and O–H groups in total. The molecule has 29 heavy (non-hydrogen) atoms. The number of ether oxygens (including phenoxy) is 3. The number of cyclic esters (lactones) is 1. The van der Waals surface area contributed by atoms with Crippen LogP contribution in [0.4, 0.5) is 10.5 Å². The smallest absolute Gasteiger partial charge is 0.414 e. The third-order valence-corrected chi connectivity index (χ3v) is 4.35. The van der Waals surface area contributed by atoms with Crippen LogP contribution in [0.15, 0.2) is 48.5 Å². The van der Waals surface area contributed by atoms with E-state index in [4.69, 9.17) is 14.2 Å². The molecular weight excluding hydrogens is 372 g/mol. The lowest BCUT2D eigenvalue weighted by atomic mass is 10.2. The van der Waals surface area contributed by atoms with Gasteiger partial charge in [0.25, 0.3) is 0 Å². The average Bonchev–Trinajstić information content (AvgIpc) is 3.38. The van der Waals surface area contributed by atoms with Gasteiger partial charge >= 0.3 is 6.09 Å². The third kappa shape index (κ3) is 4.50. The van der Waals surface area contributed by atoms with Crippen molar-refractivity contribution in [3.63, 3.8) is 0 Å². The number of hydrogen-bond donors (Lipinski definition) is 1. The van der Waals surface area contributed by atoms with Gasteiger partial charge in [0.05, 0.1) is 13.1 Å². The van der Waals surface area contributed by atoms with Crippen LogP contribution >= 0.6 is 0 Å². The number of carbonyl (C=O) groups is 2. The predicted molar refractivity (Wildman–Crippen MR) is 107 cm³/mol. The summed E-state index contributed by atoms with van der Waals surface area (Å²) in [5, 5.41) is 2.71. The Bertz CT molecular complexity index is 1020. The first kappa shape index (κ1) is 18.4. The Kier molecular flexibility index (Phi) is 5.34. The Morgan fingerprint density at radius 2 is 1.93 bits per heavy atom. The Labute approximate surface area is 167 Å². The van der Waals surface area contributed by atoms with Gasteiger partial charge in [-0.15, -0.1) is 0 Å². The molecule has 0 radical (unpaired) electrons. The first-order valence-electron chi connectivity index (χ1n) is 9.08. The van der Waals surface area contributed by atoms with Crippen molar-refractivity contribution >= 4 is 23.8 Å². The second kappa shape index (κ2) is 8.40. The van der Waals surface area contributed by atoms with Crippen LogP contribution in [0.3, 0.4) is 0 Å². The van der Waals surface area contributed by atoms with E-state index >= 15 is 0 Å². The van der Waals surface area contributed by atoms with Crippen LogP contribution in [0.2, 0.25) is 0 Å². The molecule has 0 atom stereocenters. The standard InChI is InChI=1S/C22H18N2O5/c25-21(10-6-17-5-9-19-20(14-17)29-15-28-19)23-11-1-2-16-3-7-18(8-4-16)24-12-13-27-22(24)26/h3-10,14H,11-13,15H2,(H,23,25)/b10-6+. The molecular formula is C22H18N2O5. The molecule has 2 aromatic rings. The molecule has 2 aliphatic heterocycles. The van der Waals surface area contributed by atoms with E-state index in [1.54, 1.807) is 11.0 Å². The van der Waals surface area contributed by atoms with E-state index in [1.807, 2.05) is 42.5 Å². The normalized spacial score (nSPS) is 14.5. The van der Waals surface area contributed by atoms with Crippen molar-refractivity contribution in [1.29, 1.82) is 0 Å². The van der Waals surface area contributed by atoms with Gasteiger partial charge in [-0.3, -0.25) is 9.69 Å². The molecule has 1 saturated heterocycles. The summed E-state index contributed by atoms with van der Waals surface area (Å²) in [6.07, 6.45) is 2.82. The zero-order valence-electron chi connectivity index (χ0n) is 15.5. The van der Waals surface area contributed by atoms with E-state index < -0.39 is 0 Å². The van der Waals surface area contributed by atoms with E-state index in [2.05, 4.69) is 17.2 Å². The highest BCUT2D eigenvalue weighted by atomic mass is 16.7. The molecule has 7 heteroatoms. The van der Waals surface area contributed by atoms with Gasteiger partial charge in [0, 0.05) is 17.3 Å². The number of benzene rings is 2. The van der Waals surface area contributed by atoms with E-state index in [9.17, 15) is 9.59 Å². The first-order chi connectivity index (χ1) is 14.2. The lowest BCUT2D eigenvalue weighted by molar-refractivity contribution is -0.116. The summed E-state index contributed by atoms with van der Waals surface area (Å²) < 4.78 is 15.5. The summed E-state index contributed by atoms with van der Waals surface area (Å²) >= 11 is 0. The molecule has 2 heterocycles. The maximum Gasteiger partial charge on any atom is 0.414 e. The molecule has 1 fully saturated rings. The van der Waals surface area contributed by atoms with Crippen LogP contribution < -0.4 is 19.7 Å². The number of carbonyl (C=O) groups excluding carboxylic acids is 2. The summed E-state index contributed by atoms with van der Waals surface area (Å²) in [7, 11) is 0. The fourth-order valence-corrected chi connectivity index (χ4v) is 2.88. The van der Waals surface area contributed by atoms with Gasteiger partial charge in [0.15, 0.2) is 11.5 Å². The lowest BCUT2D eigenvalue weighted by Gasteiger charge is -2.11. The number of rotatable bonds is 4. The second-order valence-electron chi connectivity index (χ2n) is 6.28. The van der Waals surface area contributed by atoms with Crippen molar-refractivity contribution in [1.82, 2.24) is 5.32 Å². The fraction of sp³-hybridized carbons (Fsp3) is 0.182. The molecule has 0 saturated carbocycles. The fourth-order valence-electron chi connectivity index (χ4n) is 2.88. The molecule has 2 amide bonds. The predicted octanol–water partition coefficient (Wildman–Crippen LogP) is 2.55. The first-order valence-corrected chi connectivity index (χ1v) is 9.08. The maximum atomic E-state index is 11.9. The summed E-state index contributed by atoms with van der Waals surface area (Å²) in [5.41, 5.74) is 2.42. The second-order valence-corrected chi connectivity index (χ2v) is 6.28. The van der Waals surface area contributed by atoms with Crippen molar-refractivity contribution in [2.75, 3.05) is 31.4 Å². The van der Waals surface area contributed by atoms with Crippen LogP contribution in [0.5, 0.6) is 11.5 Å². The van der Waals surface area contributed by atoms with E-state index in [1.165, 1.54) is 6.08 Å². The van der Waals surface area contributed by atoms with Crippen molar-refractivity contribution in [3.8, 4) is 23.3 Å². The Hall–Kier alpha value is -3.92. The monoisotopic (exact) mass is 390 g/mol. The van der Waals surface area contributed by atoms with E-state index in [0.29, 0.717) is 24.7 Å².